The molecule has 3 heteroatoms. The van der Waals surface area contributed by atoms with Gasteiger partial charge in [0.2, 0.25) is 0 Å². The minimum absolute atomic E-state index is 0.717. The van der Waals surface area contributed by atoms with Gasteiger partial charge in [0, 0.05) is 28.1 Å². The zero-order chi connectivity index (χ0) is 23.9. The van der Waals surface area contributed by atoms with Crippen molar-refractivity contribution in [2.24, 2.45) is 0 Å². The molecule has 3 nitrogen and oxygen atoms in total. The lowest BCUT2D eigenvalue weighted by atomic mass is 9.97. The van der Waals surface area contributed by atoms with E-state index in [4.69, 9.17) is 15.0 Å². The second kappa shape index (κ2) is 8.40. The Kier molecular flexibility index (Phi) is 4.78. The van der Waals surface area contributed by atoms with E-state index in [2.05, 4.69) is 97.1 Å². The molecule has 0 N–H and O–H groups in total. The van der Waals surface area contributed by atoms with Crippen LogP contribution in [0.2, 0.25) is 0 Å². The summed E-state index contributed by atoms with van der Waals surface area (Å²) in [6.07, 6.45) is 1.84. The second-order valence-corrected chi connectivity index (χ2v) is 8.90. The van der Waals surface area contributed by atoms with Crippen LogP contribution in [0, 0.1) is 0 Å². The van der Waals surface area contributed by atoms with E-state index in [9.17, 15) is 0 Å². The maximum atomic E-state index is 5.17. The molecule has 2 aromatic heterocycles. The molecule has 0 amide bonds. The maximum absolute atomic E-state index is 5.17. The van der Waals surface area contributed by atoms with Gasteiger partial charge in [-0.2, -0.15) is 0 Å². The van der Waals surface area contributed by atoms with Crippen LogP contribution in [0.15, 0.2) is 128 Å². The molecule has 0 bridgehead atoms. The van der Waals surface area contributed by atoms with Gasteiger partial charge in [0.05, 0.1) is 16.7 Å². The summed E-state index contributed by atoms with van der Waals surface area (Å²) in [4.78, 5) is 14.9. The fraction of sp³-hybridized carbons (Fsp3) is 0. The highest BCUT2D eigenvalue weighted by molar-refractivity contribution is 6.03. The van der Waals surface area contributed by atoms with Crippen LogP contribution in [-0.2, 0) is 0 Å². The summed E-state index contributed by atoms with van der Waals surface area (Å²) in [6.45, 7) is 0. The molecule has 5 aromatic carbocycles. The van der Waals surface area contributed by atoms with Crippen LogP contribution in [0.3, 0.4) is 0 Å². The van der Waals surface area contributed by atoms with Gasteiger partial charge in [-0.3, -0.25) is 4.98 Å². The Balaban J connectivity index is 1.47. The third-order valence-electron chi connectivity index (χ3n) is 6.72. The largest absolute Gasteiger partial charge is 0.256 e. The molecule has 0 fully saturated rings. The van der Waals surface area contributed by atoms with E-state index in [0.717, 1.165) is 49.8 Å². The highest BCUT2D eigenvalue weighted by Gasteiger charge is 2.15. The lowest BCUT2D eigenvalue weighted by Crippen LogP contribution is -1.97. The van der Waals surface area contributed by atoms with Crippen LogP contribution < -0.4 is 0 Å². The number of pyridine rings is 1. The van der Waals surface area contributed by atoms with Gasteiger partial charge in [0.1, 0.15) is 0 Å². The fourth-order valence-electron chi connectivity index (χ4n) is 4.99. The van der Waals surface area contributed by atoms with Gasteiger partial charge in [-0.1, -0.05) is 103 Å². The lowest BCUT2D eigenvalue weighted by Gasteiger charge is -2.13. The molecule has 0 saturated carbocycles. The number of fused-ring (bicyclic) bond motifs is 3. The third-order valence-corrected chi connectivity index (χ3v) is 6.72. The van der Waals surface area contributed by atoms with Crippen LogP contribution in [-0.4, -0.2) is 15.0 Å². The van der Waals surface area contributed by atoms with E-state index in [-0.39, 0.29) is 0 Å². The van der Waals surface area contributed by atoms with Gasteiger partial charge in [0.25, 0.3) is 0 Å². The Morgan fingerprint density at radius 1 is 0.472 bits per heavy atom. The number of rotatable bonds is 3. The summed E-state index contributed by atoms with van der Waals surface area (Å²) in [6, 6.07) is 42.0. The minimum Gasteiger partial charge on any atom is -0.256 e. The Hall–Kier alpha value is -4.89. The minimum atomic E-state index is 0.717. The van der Waals surface area contributed by atoms with Crippen molar-refractivity contribution in [2.45, 2.75) is 0 Å². The molecule has 0 aliphatic heterocycles. The van der Waals surface area contributed by atoms with E-state index in [1.54, 1.807) is 0 Å². The molecule has 0 saturated heterocycles. The Bertz CT molecular complexity index is 1890. The highest BCUT2D eigenvalue weighted by Crippen LogP contribution is 2.35. The molecule has 2 heterocycles. The number of benzene rings is 5. The van der Waals surface area contributed by atoms with Crippen molar-refractivity contribution in [2.75, 3.05) is 0 Å². The fourth-order valence-corrected chi connectivity index (χ4v) is 4.99. The third kappa shape index (κ3) is 3.41. The standard InChI is InChI=1S/C33H21N3/c1-2-9-22(10-3-1)24-18-19-26-25(21-24)12-7-15-27(26)33-35-30-17-5-4-14-28(30)32(36-33)29-16-6-11-23-13-8-20-34-31(23)29/h1-21H. The van der Waals surface area contributed by atoms with Gasteiger partial charge >= 0.3 is 0 Å². The second-order valence-electron chi connectivity index (χ2n) is 8.90. The first kappa shape index (κ1) is 20.5. The lowest BCUT2D eigenvalue weighted by molar-refractivity contribution is 1.23. The topological polar surface area (TPSA) is 38.7 Å². The first-order valence-electron chi connectivity index (χ1n) is 12.0. The summed E-state index contributed by atoms with van der Waals surface area (Å²) in [7, 11) is 0. The van der Waals surface area contributed by atoms with Gasteiger partial charge < -0.3 is 0 Å². The smallest absolute Gasteiger partial charge is 0.161 e. The Morgan fingerprint density at radius 3 is 2.17 bits per heavy atom. The molecule has 0 radical (unpaired) electrons. The van der Waals surface area contributed by atoms with Crippen molar-refractivity contribution in [1.29, 1.82) is 0 Å². The summed E-state index contributed by atoms with van der Waals surface area (Å²) in [5, 5.41) is 4.41. The number of hydrogen-bond acceptors (Lipinski definition) is 3. The van der Waals surface area contributed by atoms with Crippen LogP contribution in [0.5, 0.6) is 0 Å². The molecular weight excluding hydrogens is 438 g/mol. The van der Waals surface area contributed by atoms with Crippen molar-refractivity contribution in [3.63, 3.8) is 0 Å². The predicted octanol–water partition coefficient (Wildman–Crippen LogP) is 8.33. The molecule has 0 spiro atoms. The summed E-state index contributed by atoms with van der Waals surface area (Å²) in [5.74, 6) is 0.717. The maximum Gasteiger partial charge on any atom is 0.161 e. The average Bonchev–Trinajstić information content (AvgIpc) is 2.96. The van der Waals surface area contributed by atoms with Crippen LogP contribution >= 0.6 is 0 Å². The summed E-state index contributed by atoms with van der Waals surface area (Å²) < 4.78 is 0. The summed E-state index contributed by atoms with van der Waals surface area (Å²) in [5.41, 5.74) is 7.20. The first-order chi connectivity index (χ1) is 17.8. The van der Waals surface area contributed by atoms with Crippen molar-refractivity contribution < 1.29 is 0 Å². The molecule has 168 valence electrons. The highest BCUT2D eigenvalue weighted by atomic mass is 14.9. The van der Waals surface area contributed by atoms with E-state index in [1.165, 1.54) is 16.5 Å². The van der Waals surface area contributed by atoms with Gasteiger partial charge in [-0.25, -0.2) is 9.97 Å². The van der Waals surface area contributed by atoms with Crippen molar-refractivity contribution in [3.8, 4) is 33.8 Å². The van der Waals surface area contributed by atoms with Gasteiger partial charge in [-0.15, -0.1) is 0 Å². The molecule has 36 heavy (non-hydrogen) atoms. The molecule has 7 aromatic rings. The number of aromatic nitrogens is 3. The van der Waals surface area contributed by atoms with Crippen molar-refractivity contribution in [3.05, 3.63) is 128 Å². The van der Waals surface area contributed by atoms with E-state index >= 15 is 0 Å². The van der Waals surface area contributed by atoms with E-state index in [0.29, 0.717) is 0 Å². The number of hydrogen-bond donors (Lipinski definition) is 0. The monoisotopic (exact) mass is 459 g/mol. The van der Waals surface area contributed by atoms with E-state index in [1.807, 2.05) is 30.5 Å². The first-order valence-corrected chi connectivity index (χ1v) is 12.0. The predicted molar refractivity (Wildman–Crippen MR) is 149 cm³/mol. The Morgan fingerprint density at radius 2 is 1.25 bits per heavy atom. The van der Waals surface area contributed by atoms with Crippen LogP contribution in [0.4, 0.5) is 0 Å². The quantitative estimate of drug-likeness (QED) is 0.267. The van der Waals surface area contributed by atoms with E-state index < -0.39 is 0 Å². The average molecular weight is 460 g/mol. The van der Waals surface area contributed by atoms with Crippen molar-refractivity contribution >= 4 is 32.6 Å². The summed E-state index contributed by atoms with van der Waals surface area (Å²) >= 11 is 0. The van der Waals surface area contributed by atoms with Gasteiger partial charge in [-0.05, 0) is 40.1 Å². The molecule has 0 unspecified atom stereocenters. The zero-order valence-electron chi connectivity index (χ0n) is 19.5. The van der Waals surface area contributed by atoms with Crippen LogP contribution in [0.25, 0.3) is 66.4 Å². The SMILES string of the molecule is c1ccc(-c2ccc3c(-c4nc(-c5cccc6cccnc56)c5ccccc5n4)cccc3c2)cc1. The molecule has 7 rings (SSSR count). The normalized spacial score (nSPS) is 11.3. The number of para-hydroxylation sites is 2. The molecular formula is C33H21N3. The zero-order valence-corrected chi connectivity index (χ0v) is 19.5. The van der Waals surface area contributed by atoms with Crippen LogP contribution in [0.1, 0.15) is 0 Å². The molecule has 0 aliphatic carbocycles. The molecule has 0 atom stereocenters. The van der Waals surface area contributed by atoms with Crippen molar-refractivity contribution in [1.82, 2.24) is 15.0 Å². The van der Waals surface area contributed by atoms with Gasteiger partial charge in [0.15, 0.2) is 5.82 Å². The Labute approximate surface area is 208 Å². The number of nitrogens with zero attached hydrogens (tertiary/aromatic N) is 3. The molecule has 0 aliphatic rings.